The number of hydrogen-bond acceptors (Lipinski definition) is 3. The molecule has 98 valence electrons. The van der Waals surface area contributed by atoms with Crippen molar-refractivity contribution in [2.45, 2.75) is 19.0 Å². The van der Waals surface area contributed by atoms with Crippen LogP contribution in [0.25, 0.3) is 0 Å². The lowest BCUT2D eigenvalue weighted by Crippen LogP contribution is -2.12. The molecule has 2 aromatic rings. The Kier molecular flexibility index (Phi) is 3.23. The molecule has 1 aliphatic rings. The number of hydrogen-bond donors (Lipinski definition) is 2. The zero-order chi connectivity index (χ0) is 13.2. The van der Waals surface area contributed by atoms with E-state index in [0.717, 1.165) is 35.5 Å². The van der Waals surface area contributed by atoms with Gasteiger partial charge in [-0.15, -0.1) is 0 Å². The lowest BCUT2D eigenvalue weighted by Gasteiger charge is -2.14. The third kappa shape index (κ3) is 2.35. The van der Waals surface area contributed by atoms with Gasteiger partial charge in [0.1, 0.15) is 5.75 Å². The number of ether oxygens (including phenoxy) is 1. The maximum absolute atomic E-state index is 6.33. The summed E-state index contributed by atoms with van der Waals surface area (Å²) in [5, 5.41) is 0. The topological polar surface area (TPSA) is 61.3 Å². The highest BCUT2D eigenvalue weighted by molar-refractivity contribution is 5.43. The summed E-state index contributed by atoms with van der Waals surface area (Å²) in [6.07, 6.45) is 0.974. The summed E-state index contributed by atoms with van der Waals surface area (Å²) in [6, 6.07) is 14.3. The van der Waals surface area contributed by atoms with E-state index in [-0.39, 0.29) is 6.04 Å². The third-order valence-electron chi connectivity index (χ3n) is 3.65. The first-order valence-electron chi connectivity index (χ1n) is 6.58. The van der Waals surface area contributed by atoms with Gasteiger partial charge in [-0.2, -0.15) is 0 Å². The standard InChI is InChI=1S/C16H18N2O/c17-10-11-1-3-12(4-2-11)16(18)14-5-6-15-13(9-14)7-8-19-15/h1-6,9,16H,7-8,10,17-18H2. The number of fused-ring (bicyclic) bond motifs is 1. The summed E-state index contributed by atoms with van der Waals surface area (Å²) >= 11 is 0. The molecule has 19 heavy (non-hydrogen) atoms. The largest absolute Gasteiger partial charge is 0.493 e. The first kappa shape index (κ1) is 12.2. The molecule has 0 saturated carbocycles. The normalized spacial score (nSPS) is 14.8. The van der Waals surface area contributed by atoms with Crippen LogP contribution in [0.15, 0.2) is 42.5 Å². The van der Waals surface area contributed by atoms with Gasteiger partial charge in [0.15, 0.2) is 0 Å². The van der Waals surface area contributed by atoms with Gasteiger partial charge in [-0.25, -0.2) is 0 Å². The van der Waals surface area contributed by atoms with Gasteiger partial charge in [-0.3, -0.25) is 0 Å². The van der Waals surface area contributed by atoms with E-state index in [0.29, 0.717) is 6.54 Å². The van der Waals surface area contributed by atoms with E-state index in [4.69, 9.17) is 16.2 Å². The molecule has 0 radical (unpaired) electrons. The maximum atomic E-state index is 6.33. The van der Waals surface area contributed by atoms with Crippen molar-refractivity contribution in [3.63, 3.8) is 0 Å². The second-order valence-electron chi connectivity index (χ2n) is 4.89. The van der Waals surface area contributed by atoms with E-state index in [2.05, 4.69) is 18.2 Å². The van der Waals surface area contributed by atoms with Gasteiger partial charge in [0.25, 0.3) is 0 Å². The van der Waals surface area contributed by atoms with Gasteiger partial charge in [0, 0.05) is 13.0 Å². The van der Waals surface area contributed by atoms with Gasteiger partial charge < -0.3 is 16.2 Å². The molecule has 1 heterocycles. The van der Waals surface area contributed by atoms with Gasteiger partial charge in [-0.1, -0.05) is 36.4 Å². The third-order valence-corrected chi connectivity index (χ3v) is 3.65. The van der Waals surface area contributed by atoms with E-state index >= 15 is 0 Å². The minimum atomic E-state index is -0.0993. The molecule has 2 aromatic carbocycles. The molecule has 3 heteroatoms. The molecule has 0 aliphatic carbocycles. The molecule has 1 aliphatic heterocycles. The summed E-state index contributed by atoms with van der Waals surface area (Å²) in [4.78, 5) is 0. The Morgan fingerprint density at radius 3 is 2.53 bits per heavy atom. The van der Waals surface area contributed by atoms with E-state index < -0.39 is 0 Å². The average Bonchev–Trinajstić information content (AvgIpc) is 2.94. The summed E-state index contributed by atoms with van der Waals surface area (Å²) in [5.74, 6) is 0.995. The van der Waals surface area contributed by atoms with Crippen LogP contribution >= 0.6 is 0 Å². The van der Waals surface area contributed by atoms with E-state index in [9.17, 15) is 0 Å². The lowest BCUT2D eigenvalue weighted by atomic mass is 9.96. The molecule has 0 aromatic heterocycles. The Balaban J connectivity index is 1.88. The van der Waals surface area contributed by atoms with Crippen LogP contribution in [0.1, 0.15) is 28.3 Å². The highest BCUT2D eigenvalue weighted by Crippen LogP contribution is 2.29. The van der Waals surface area contributed by atoms with E-state index in [1.54, 1.807) is 0 Å². The molecular weight excluding hydrogens is 236 g/mol. The van der Waals surface area contributed by atoms with Crippen molar-refractivity contribution in [2.24, 2.45) is 11.5 Å². The second-order valence-corrected chi connectivity index (χ2v) is 4.89. The van der Waals surface area contributed by atoms with Crippen molar-refractivity contribution >= 4 is 0 Å². The van der Waals surface area contributed by atoms with E-state index in [1.165, 1.54) is 5.56 Å². The van der Waals surface area contributed by atoms with Crippen LogP contribution in [0.2, 0.25) is 0 Å². The van der Waals surface area contributed by atoms with Crippen LogP contribution in [-0.2, 0) is 13.0 Å². The van der Waals surface area contributed by atoms with Crippen LogP contribution in [0.4, 0.5) is 0 Å². The Morgan fingerprint density at radius 1 is 1.05 bits per heavy atom. The Morgan fingerprint density at radius 2 is 1.79 bits per heavy atom. The van der Waals surface area contributed by atoms with Crippen molar-refractivity contribution in [3.8, 4) is 5.75 Å². The Hall–Kier alpha value is -1.84. The zero-order valence-electron chi connectivity index (χ0n) is 10.8. The van der Waals surface area contributed by atoms with Gasteiger partial charge in [-0.05, 0) is 28.3 Å². The predicted octanol–water partition coefficient (Wildman–Crippen LogP) is 2.13. The zero-order valence-corrected chi connectivity index (χ0v) is 10.8. The summed E-state index contributed by atoms with van der Waals surface area (Å²) in [6.45, 7) is 1.34. The average molecular weight is 254 g/mol. The monoisotopic (exact) mass is 254 g/mol. The van der Waals surface area contributed by atoms with Crippen LogP contribution < -0.4 is 16.2 Å². The maximum Gasteiger partial charge on any atom is 0.122 e. The molecule has 1 unspecified atom stereocenters. The first-order valence-corrected chi connectivity index (χ1v) is 6.58. The predicted molar refractivity (Wildman–Crippen MR) is 76.0 cm³/mol. The molecule has 3 nitrogen and oxygen atoms in total. The first-order chi connectivity index (χ1) is 9.28. The summed E-state index contributed by atoms with van der Waals surface area (Å²) in [5.41, 5.74) is 16.5. The number of benzene rings is 2. The van der Waals surface area contributed by atoms with Gasteiger partial charge in [0.05, 0.1) is 12.6 Å². The van der Waals surface area contributed by atoms with Crippen LogP contribution in [0.5, 0.6) is 5.75 Å². The second kappa shape index (κ2) is 5.03. The van der Waals surface area contributed by atoms with Crippen molar-refractivity contribution < 1.29 is 4.74 Å². The Bertz CT molecular complexity index is 578. The molecule has 0 fully saturated rings. The number of rotatable bonds is 3. The molecule has 4 N–H and O–H groups in total. The molecule has 1 atom stereocenters. The molecule has 0 amide bonds. The van der Waals surface area contributed by atoms with Gasteiger partial charge in [0.2, 0.25) is 0 Å². The smallest absolute Gasteiger partial charge is 0.122 e. The lowest BCUT2D eigenvalue weighted by molar-refractivity contribution is 0.357. The molecule has 0 spiro atoms. The minimum Gasteiger partial charge on any atom is -0.493 e. The quantitative estimate of drug-likeness (QED) is 0.882. The fourth-order valence-corrected chi connectivity index (χ4v) is 2.45. The number of nitrogens with two attached hydrogens (primary N) is 2. The molecule has 3 rings (SSSR count). The van der Waals surface area contributed by atoms with Crippen LogP contribution in [0, 0.1) is 0 Å². The Labute approximate surface area is 113 Å². The summed E-state index contributed by atoms with van der Waals surface area (Å²) < 4.78 is 5.51. The SMILES string of the molecule is NCc1ccc(C(N)c2ccc3c(c2)CCO3)cc1. The van der Waals surface area contributed by atoms with Crippen molar-refractivity contribution in [3.05, 3.63) is 64.7 Å². The van der Waals surface area contributed by atoms with Gasteiger partial charge >= 0.3 is 0 Å². The minimum absolute atomic E-state index is 0.0993. The van der Waals surface area contributed by atoms with Crippen LogP contribution in [0.3, 0.4) is 0 Å². The highest BCUT2D eigenvalue weighted by atomic mass is 16.5. The highest BCUT2D eigenvalue weighted by Gasteiger charge is 2.15. The fourth-order valence-electron chi connectivity index (χ4n) is 2.45. The van der Waals surface area contributed by atoms with Crippen molar-refractivity contribution in [1.29, 1.82) is 0 Å². The fraction of sp³-hybridized carbons (Fsp3) is 0.250. The van der Waals surface area contributed by atoms with Crippen LogP contribution in [-0.4, -0.2) is 6.61 Å². The van der Waals surface area contributed by atoms with Crippen molar-refractivity contribution in [1.82, 2.24) is 0 Å². The van der Waals surface area contributed by atoms with E-state index in [1.807, 2.05) is 24.3 Å². The summed E-state index contributed by atoms with van der Waals surface area (Å²) in [7, 11) is 0. The molecule has 0 saturated heterocycles. The molecule has 0 bridgehead atoms. The molecular formula is C16H18N2O. The van der Waals surface area contributed by atoms with Crippen molar-refractivity contribution in [2.75, 3.05) is 6.61 Å².